The summed E-state index contributed by atoms with van der Waals surface area (Å²) in [7, 11) is 0. The first-order valence-electron chi connectivity index (χ1n) is 3.59. The lowest BCUT2D eigenvalue weighted by atomic mass is 10.3. The van der Waals surface area contributed by atoms with E-state index in [4.69, 9.17) is 11.5 Å². The zero-order valence-electron chi connectivity index (χ0n) is 6.64. The second-order valence-electron chi connectivity index (χ2n) is 2.59. The Kier molecular flexibility index (Phi) is 1.42. The van der Waals surface area contributed by atoms with Gasteiger partial charge in [-0.15, -0.1) is 0 Å². The first-order valence-corrected chi connectivity index (χ1v) is 3.59. The van der Waals surface area contributed by atoms with Crippen LogP contribution in [0.3, 0.4) is 0 Å². The van der Waals surface area contributed by atoms with Crippen LogP contribution in [0.1, 0.15) is 0 Å². The Morgan fingerprint density at radius 1 is 1.31 bits per heavy atom. The minimum atomic E-state index is -0.0619. The third-order valence-corrected chi connectivity index (χ3v) is 1.63. The average molecular weight is 177 g/mol. The van der Waals surface area contributed by atoms with Crippen LogP contribution in [0.2, 0.25) is 0 Å². The lowest BCUT2D eigenvalue weighted by Gasteiger charge is -1.99. The highest BCUT2D eigenvalue weighted by atomic mass is 16.5. The van der Waals surface area contributed by atoms with Crippen molar-refractivity contribution in [1.82, 2.24) is 10.1 Å². The molecule has 2 rings (SSSR count). The molecule has 66 valence electrons. The number of benzene rings is 1. The number of anilines is 2. The van der Waals surface area contributed by atoms with Crippen molar-refractivity contribution in [2.24, 2.45) is 0 Å². The van der Waals surface area contributed by atoms with E-state index < -0.39 is 0 Å². The topological polar surface area (TPSA) is 105 Å². The summed E-state index contributed by atoms with van der Waals surface area (Å²) < 4.78 is 0. The fourth-order valence-electron chi connectivity index (χ4n) is 1.08. The molecule has 0 bridgehead atoms. The predicted molar refractivity (Wildman–Crippen MR) is 47.3 cm³/mol. The summed E-state index contributed by atoms with van der Waals surface area (Å²) in [6, 6.07) is 4.73. The van der Waals surface area contributed by atoms with Crippen LogP contribution in [-0.4, -0.2) is 10.1 Å². The zero-order chi connectivity index (χ0) is 9.42. The Labute approximate surface area is 73.4 Å². The normalized spacial score (nSPS) is 10.5. The van der Waals surface area contributed by atoms with Gasteiger partial charge in [0, 0.05) is 11.8 Å². The van der Waals surface area contributed by atoms with Gasteiger partial charge in [0.15, 0.2) is 0 Å². The summed E-state index contributed by atoms with van der Waals surface area (Å²) in [5.74, 6) is -0.0619. The van der Waals surface area contributed by atoms with Gasteiger partial charge in [-0.1, -0.05) is 0 Å². The molecule has 2 aromatic rings. The molecule has 0 spiro atoms. The van der Waals surface area contributed by atoms with Crippen LogP contribution in [0.15, 0.2) is 18.2 Å². The van der Waals surface area contributed by atoms with E-state index >= 15 is 0 Å². The number of aromatic nitrogens is 3. The van der Waals surface area contributed by atoms with Gasteiger partial charge in [-0.3, -0.25) is 0 Å². The number of nitrogen functional groups attached to an aromatic ring is 2. The van der Waals surface area contributed by atoms with Crippen molar-refractivity contribution in [2.75, 3.05) is 11.5 Å². The molecule has 0 aliphatic rings. The first kappa shape index (κ1) is 7.53. The number of hydrogen-bond donors (Lipinski definition) is 2. The van der Waals surface area contributed by atoms with E-state index in [1.165, 1.54) is 0 Å². The van der Waals surface area contributed by atoms with Crippen LogP contribution < -0.4 is 16.3 Å². The van der Waals surface area contributed by atoms with Crippen LogP contribution in [0.4, 0.5) is 11.6 Å². The maximum absolute atomic E-state index is 11.2. The summed E-state index contributed by atoms with van der Waals surface area (Å²) in [5.41, 5.74) is 12.1. The van der Waals surface area contributed by atoms with E-state index in [2.05, 4.69) is 10.1 Å². The maximum Gasteiger partial charge on any atom is 0.288 e. The molecule has 0 aliphatic carbocycles. The fourth-order valence-corrected chi connectivity index (χ4v) is 1.08. The van der Waals surface area contributed by atoms with Gasteiger partial charge in [-0.25, -0.2) is 4.98 Å². The first-order chi connectivity index (χ1) is 6.16. The van der Waals surface area contributed by atoms with Crippen molar-refractivity contribution in [1.29, 1.82) is 0 Å². The second-order valence-corrected chi connectivity index (χ2v) is 2.59. The SMILES string of the molecule is Nc1ccc2c(c1)nc(N)n[n+]2[O-]. The molecule has 1 heterocycles. The molecule has 4 N–H and O–H groups in total. The van der Waals surface area contributed by atoms with E-state index in [1.54, 1.807) is 18.2 Å². The van der Waals surface area contributed by atoms with Gasteiger partial charge in [-0.05, 0) is 17.0 Å². The Balaban J connectivity index is 2.86. The summed E-state index contributed by atoms with van der Waals surface area (Å²) in [6.45, 7) is 0. The van der Waals surface area contributed by atoms with Crippen molar-refractivity contribution in [3.63, 3.8) is 0 Å². The molecule has 0 saturated carbocycles. The van der Waals surface area contributed by atoms with E-state index in [0.717, 1.165) is 0 Å². The van der Waals surface area contributed by atoms with Gasteiger partial charge < -0.3 is 16.7 Å². The highest BCUT2D eigenvalue weighted by molar-refractivity contribution is 5.75. The minimum absolute atomic E-state index is 0.0619. The molecule has 1 aromatic heterocycles. The number of hydrogen-bond acceptors (Lipinski definition) is 5. The molecule has 13 heavy (non-hydrogen) atoms. The number of nitrogens with zero attached hydrogens (tertiary/aromatic N) is 3. The molecule has 0 saturated heterocycles. The molecule has 1 aromatic carbocycles. The summed E-state index contributed by atoms with van der Waals surface area (Å²) >= 11 is 0. The highest BCUT2D eigenvalue weighted by Gasteiger charge is 2.07. The molecule has 0 amide bonds. The van der Waals surface area contributed by atoms with Crippen LogP contribution >= 0.6 is 0 Å². The largest absolute Gasteiger partial charge is 0.594 e. The number of fused-ring (bicyclic) bond motifs is 1. The van der Waals surface area contributed by atoms with Gasteiger partial charge in [0.05, 0.1) is 5.10 Å². The molecule has 0 fully saturated rings. The Hall–Kier alpha value is -2.11. The third-order valence-electron chi connectivity index (χ3n) is 1.63. The van der Waals surface area contributed by atoms with Crippen LogP contribution in [0.5, 0.6) is 0 Å². The van der Waals surface area contributed by atoms with Gasteiger partial charge in [-0.2, -0.15) is 0 Å². The van der Waals surface area contributed by atoms with Crippen LogP contribution in [-0.2, 0) is 0 Å². The Morgan fingerprint density at radius 3 is 2.85 bits per heavy atom. The predicted octanol–water partition coefficient (Wildman–Crippen LogP) is -0.572. The van der Waals surface area contributed by atoms with Crippen molar-refractivity contribution >= 4 is 22.7 Å². The zero-order valence-corrected chi connectivity index (χ0v) is 6.64. The summed E-state index contributed by atoms with van der Waals surface area (Å²) in [5, 5.41) is 14.6. The Morgan fingerprint density at radius 2 is 2.08 bits per heavy atom. The van der Waals surface area contributed by atoms with Crippen molar-refractivity contribution < 1.29 is 4.85 Å². The molecule has 0 radical (unpaired) electrons. The van der Waals surface area contributed by atoms with Crippen LogP contribution in [0, 0.1) is 5.21 Å². The third kappa shape index (κ3) is 1.18. The smallest absolute Gasteiger partial charge is 0.288 e. The number of rotatable bonds is 0. The van der Waals surface area contributed by atoms with Gasteiger partial charge in [0.2, 0.25) is 0 Å². The van der Waals surface area contributed by atoms with E-state index in [9.17, 15) is 5.21 Å². The summed E-state index contributed by atoms with van der Waals surface area (Å²) in [6.07, 6.45) is 0. The van der Waals surface area contributed by atoms with Crippen molar-refractivity contribution in [2.45, 2.75) is 0 Å². The van der Waals surface area contributed by atoms with E-state index in [1.807, 2.05) is 0 Å². The van der Waals surface area contributed by atoms with E-state index in [0.29, 0.717) is 21.6 Å². The second kappa shape index (κ2) is 2.44. The molecule has 6 heteroatoms. The lowest BCUT2D eigenvalue weighted by Crippen LogP contribution is -2.33. The molecular formula is C7H7N5O. The van der Waals surface area contributed by atoms with Crippen molar-refractivity contribution in [3.8, 4) is 0 Å². The standard InChI is InChI=1S/C7H7N5O/c8-4-1-2-6-5(3-4)10-7(9)11-12(6)13/h1-3H,8H2,(H2,9,10,11). The van der Waals surface area contributed by atoms with Crippen molar-refractivity contribution in [3.05, 3.63) is 23.4 Å². The monoisotopic (exact) mass is 177 g/mol. The molecule has 0 atom stereocenters. The minimum Gasteiger partial charge on any atom is -0.594 e. The summed E-state index contributed by atoms with van der Waals surface area (Å²) in [4.78, 5) is 4.29. The molecule has 6 nitrogen and oxygen atoms in total. The van der Waals surface area contributed by atoms with Crippen LogP contribution in [0.25, 0.3) is 11.0 Å². The molecule has 0 unspecified atom stereocenters. The number of nitrogens with two attached hydrogens (primary N) is 2. The fraction of sp³-hybridized carbons (Fsp3) is 0. The lowest BCUT2D eigenvalue weighted by molar-refractivity contribution is -0.641. The van der Waals surface area contributed by atoms with Gasteiger partial charge in [0.1, 0.15) is 5.52 Å². The maximum atomic E-state index is 11.2. The van der Waals surface area contributed by atoms with Gasteiger partial charge in [0.25, 0.3) is 11.5 Å². The highest BCUT2D eigenvalue weighted by Crippen LogP contribution is 2.11. The Bertz CT molecular complexity index is 464. The quantitative estimate of drug-likeness (QED) is 0.318. The average Bonchev–Trinajstić information content (AvgIpc) is 2.02. The molecule has 0 aliphatic heterocycles. The van der Waals surface area contributed by atoms with E-state index in [-0.39, 0.29) is 5.95 Å². The van der Waals surface area contributed by atoms with Gasteiger partial charge >= 0.3 is 0 Å². The molecular weight excluding hydrogens is 170 g/mol.